The molecule has 0 aliphatic carbocycles. The number of halogens is 3. The van der Waals surface area contributed by atoms with Gasteiger partial charge in [0.15, 0.2) is 17.5 Å². The van der Waals surface area contributed by atoms with Crippen LogP contribution in [0.25, 0.3) is 0 Å². The van der Waals surface area contributed by atoms with E-state index < -0.39 is 11.6 Å². The monoisotopic (exact) mass is 356 g/mol. The van der Waals surface area contributed by atoms with E-state index in [0.29, 0.717) is 6.54 Å². The normalized spacial score (nSPS) is 10.5. The molecule has 0 fully saturated rings. The minimum atomic E-state index is -0.813. The lowest BCUT2D eigenvalue weighted by molar-refractivity contribution is 0.276. The third-order valence-corrected chi connectivity index (χ3v) is 3.26. The molecule has 0 amide bonds. The lowest BCUT2D eigenvalue weighted by atomic mass is 10.2. The number of nitrogens with zero attached hydrogens (tertiary/aromatic N) is 1. The number of hydrogen-bond donors (Lipinski definition) is 1. The molecule has 1 heterocycles. The summed E-state index contributed by atoms with van der Waals surface area (Å²) in [5.74, 6) is -1.74. The summed E-state index contributed by atoms with van der Waals surface area (Å²) in [6.07, 6.45) is 0.813. The Kier molecular flexibility index (Phi) is 5.50. The van der Waals surface area contributed by atoms with E-state index in [1.165, 1.54) is 0 Å². The zero-order valence-corrected chi connectivity index (χ0v) is 13.1. The summed E-state index contributed by atoms with van der Waals surface area (Å²) in [4.78, 5) is 3.85. The van der Waals surface area contributed by atoms with E-state index in [-0.39, 0.29) is 18.3 Å². The molecule has 6 heteroatoms. The second-order valence-corrected chi connectivity index (χ2v) is 5.36. The van der Waals surface area contributed by atoms with E-state index in [1.807, 2.05) is 31.2 Å². The Bertz CT molecular complexity index is 605. The molecule has 1 N–H and O–H groups in total. The van der Waals surface area contributed by atoms with Crippen molar-refractivity contribution >= 4 is 21.7 Å². The Labute approximate surface area is 130 Å². The van der Waals surface area contributed by atoms with Gasteiger partial charge < -0.3 is 10.1 Å². The van der Waals surface area contributed by atoms with Crippen LogP contribution in [-0.2, 0) is 6.61 Å². The summed E-state index contributed by atoms with van der Waals surface area (Å²) >= 11 is 3.33. The fourth-order valence-electron chi connectivity index (χ4n) is 1.65. The van der Waals surface area contributed by atoms with Crippen molar-refractivity contribution in [3.05, 3.63) is 52.0 Å². The average Bonchev–Trinajstić information content (AvgIpc) is 2.47. The number of hydrogen-bond acceptors (Lipinski definition) is 3. The Morgan fingerprint density at radius 3 is 2.57 bits per heavy atom. The van der Waals surface area contributed by atoms with Crippen molar-refractivity contribution in [3.8, 4) is 5.88 Å². The van der Waals surface area contributed by atoms with Crippen LogP contribution >= 0.6 is 15.9 Å². The number of rotatable bonds is 6. The van der Waals surface area contributed by atoms with E-state index in [9.17, 15) is 8.78 Å². The summed E-state index contributed by atoms with van der Waals surface area (Å²) in [5, 5.41) is 2.80. The molecule has 21 heavy (non-hydrogen) atoms. The molecule has 0 saturated heterocycles. The first-order valence-electron chi connectivity index (χ1n) is 6.57. The van der Waals surface area contributed by atoms with Gasteiger partial charge in [0.2, 0.25) is 0 Å². The molecule has 3 nitrogen and oxygen atoms in total. The van der Waals surface area contributed by atoms with Gasteiger partial charge in [-0.3, -0.25) is 0 Å². The Balaban J connectivity index is 2.09. The molecule has 1 aromatic carbocycles. The van der Waals surface area contributed by atoms with Crippen molar-refractivity contribution < 1.29 is 13.5 Å². The van der Waals surface area contributed by atoms with Gasteiger partial charge >= 0.3 is 0 Å². The SMILES string of the molecule is CCCNc1nc(OCc2ccc(Br)cc2)c(F)cc1F. The van der Waals surface area contributed by atoms with Gasteiger partial charge in [0.25, 0.3) is 5.88 Å². The first-order chi connectivity index (χ1) is 10.1. The zero-order chi connectivity index (χ0) is 15.2. The maximum atomic E-state index is 13.7. The molecular weight excluding hydrogens is 342 g/mol. The second kappa shape index (κ2) is 7.36. The summed E-state index contributed by atoms with van der Waals surface area (Å²) in [5.41, 5.74) is 0.867. The number of benzene rings is 1. The fraction of sp³-hybridized carbons (Fsp3) is 0.267. The average molecular weight is 357 g/mol. The minimum Gasteiger partial charge on any atom is -0.471 e. The molecule has 1 aromatic heterocycles. The molecule has 0 unspecified atom stereocenters. The molecule has 0 bridgehead atoms. The van der Waals surface area contributed by atoms with Crippen LogP contribution in [0, 0.1) is 11.6 Å². The summed E-state index contributed by atoms with van der Waals surface area (Å²) in [6, 6.07) is 8.20. The number of pyridine rings is 1. The topological polar surface area (TPSA) is 34.2 Å². The number of nitrogens with one attached hydrogen (secondary N) is 1. The van der Waals surface area contributed by atoms with Gasteiger partial charge in [0, 0.05) is 17.1 Å². The van der Waals surface area contributed by atoms with Gasteiger partial charge in [-0.25, -0.2) is 8.78 Å². The van der Waals surface area contributed by atoms with Crippen molar-refractivity contribution in [2.24, 2.45) is 0 Å². The predicted molar refractivity (Wildman–Crippen MR) is 81.4 cm³/mol. The van der Waals surface area contributed by atoms with Crippen molar-refractivity contribution in [3.63, 3.8) is 0 Å². The quantitative estimate of drug-likeness (QED) is 0.825. The smallest absolute Gasteiger partial charge is 0.252 e. The van der Waals surface area contributed by atoms with Crippen molar-refractivity contribution in [2.75, 3.05) is 11.9 Å². The summed E-state index contributed by atoms with van der Waals surface area (Å²) in [6.45, 7) is 2.66. The summed E-state index contributed by atoms with van der Waals surface area (Å²) < 4.78 is 33.5. The number of aromatic nitrogens is 1. The third-order valence-electron chi connectivity index (χ3n) is 2.73. The Morgan fingerprint density at radius 2 is 1.90 bits per heavy atom. The van der Waals surface area contributed by atoms with Crippen LogP contribution in [0.2, 0.25) is 0 Å². The molecule has 0 radical (unpaired) electrons. The Morgan fingerprint density at radius 1 is 1.19 bits per heavy atom. The van der Waals surface area contributed by atoms with Gasteiger partial charge in [0.05, 0.1) is 0 Å². The van der Waals surface area contributed by atoms with E-state index in [1.54, 1.807) is 0 Å². The largest absolute Gasteiger partial charge is 0.471 e. The molecule has 0 aliphatic rings. The molecule has 0 aliphatic heterocycles. The molecular formula is C15H15BrF2N2O. The van der Waals surface area contributed by atoms with Crippen LogP contribution in [0.3, 0.4) is 0 Å². The fourth-order valence-corrected chi connectivity index (χ4v) is 1.91. The zero-order valence-electron chi connectivity index (χ0n) is 11.5. The highest BCUT2D eigenvalue weighted by molar-refractivity contribution is 9.10. The molecule has 0 atom stereocenters. The van der Waals surface area contributed by atoms with E-state index >= 15 is 0 Å². The first kappa shape index (κ1) is 15.7. The van der Waals surface area contributed by atoms with Gasteiger partial charge in [-0.05, 0) is 24.1 Å². The van der Waals surface area contributed by atoms with Crippen molar-refractivity contribution in [1.29, 1.82) is 0 Å². The van der Waals surface area contributed by atoms with Gasteiger partial charge in [-0.1, -0.05) is 35.0 Å². The lowest BCUT2D eigenvalue weighted by Crippen LogP contribution is -2.07. The molecule has 0 saturated carbocycles. The summed E-state index contributed by atoms with van der Waals surface area (Å²) in [7, 11) is 0. The van der Waals surface area contributed by atoms with Crippen LogP contribution in [0.15, 0.2) is 34.8 Å². The van der Waals surface area contributed by atoms with Crippen LogP contribution < -0.4 is 10.1 Å². The van der Waals surface area contributed by atoms with Gasteiger partial charge in [0.1, 0.15) is 6.61 Å². The first-order valence-corrected chi connectivity index (χ1v) is 7.36. The standard InChI is InChI=1S/C15H15BrF2N2O/c1-2-7-19-14-12(17)8-13(18)15(20-14)21-9-10-3-5-11(16)6-4-10/h3-6,8H,2,7,9H2,1H3,(H,19,20). The second-order valence-electron chi connectivity index (χ2n) is 4.45. The van der Waals surface area contributed by atoms with Crippen LogP contribution in [0.5, 0.6) is 5.88 Å². The van der Waals surface area contributed by atoms with Crippen molar-refractivity contribution in [2.45, 2.75) is 20.0 Å². The minimum absolute atomic E-state index is 0.00376. The molecule has 2 rings (SSSR count). The third kappa shape index (κ3) is 4.39. The van der Waals surface area contributed by atoms with E-state index in [2.05, 4.69) is 26.2 Å². The maximum absolute atomic E-state index is 13.7. The maximum Gasteiger partial charge on any atom is 0.252 e. The lowest BCUT2D eigenvalue weighted by Gasteiger charge is -2.10. The van der Waals surface area contributed by atoms with E-state index in [4.69, 9.17) is 4.74 Å². The number of ether oxygens (including phenoxy) is 1. The predicted octanol–water partition coefficient (Wildman–Crippen LogP) is 4.52. The highest BCUT2D eigenvalue weighted by atomic mass is 79.9. The molecule has 112 valence electrons. The van der Waals surface area contributed by atoms with Gasteiger partial charge in [-0.15, -0.1) is 0 Å². The number of anilines is 1. The Hall–Kier alpha value is -1.69. The molecule has 0 spiro atoms. The van der Waals surface area contributed by atoms with Crippen LogP contribution in [0.4, 0.5) is 14.6 Å². The van der Waals surface area contributed by atoms with E-state index in [0.717, 1.165) is 22.5 Å². The van der Waals surface area contributed by atoms with Crippen LogP contribution in [-0.4, -0.2) is 11.5 Å². The van der Waals surface area contributed by atoms with Crippen LogP contribution in [0.1, 0.15) is 18.9 Å². The van der Waals surface area contributed by atoms with Gasteiger partial charge in [-0.2, -0.15) is 4.98 Å². The highest BCUT2D eigenvalue weighted by Gasteiger charge is 2.13. The van der Waals surface area contributed by atoms with Crippen molar-refractivity contribution in [1.82, 2.24) is 4.98 Å². The highest BCUT2D eigenvalue weighted by Crippen LogP contribution is 2.22. The molecule has 2 aromatic rings.